The quantitative estimate of drug-likeness (QED) is 0.533. The highest BCUT2D eigenvalue weighted by atomic mass is 16.5. The number of nitrogens with zero attached hydrogens (tertiary/aromatic N) is 5. The first-order valence-corrected chi connectivity index (χ1v) is 9.81. The Morgan fingerprint density at radius 3 is 2.67 bits per heavy atom. The average Bonchev–Trinajstić information content (AvgIpc) is 3.40. The van der Waals surface area contributed by atoms with Gasteiger partial charge in [0.05, 0.1) is 41.7 Å². The molecule has 0 bridgehead atoms. The van der Waals surface area contributed by atoms with E-state index in [9.17, 15) is 4.79 Å². The molecule has 8 heteroatoms. The van der Waals surface area contributed by atoms with Gasteiger partial charge in [0.1, 0.15) is 5.75 Å². The van der Waals surface area contributed by atoms with Gasteiger partial charge in [-0.2, -0.15) is 10.2 Å². The van der Waals surface area contributed by atoms with Crippen molar-refractivity contribution in [2.45, 2.75) is 26.4 Å². The molecule has 154 valence electrons. The van der Waals surface area contributed by atoms with E-state index in [2.05, 4.69) is 15.5 Å². The van der Waals surface area contributed by atoms with Crippen molar-refractivity contribution in [3.8, 4) is 17.0 Å². The summed E-state index contributed by atoms with van der Waals surface area (Å²) in [6, 6.07) is 11.1. The number of hydrogen-bond acceptors (Lipinski definition) is 5. The van der Waals surface area contributed by atoms with Gasteiger partial charge >= 0.3 is 0 Å². The smallest absolute Gasteiger partial charge is 0.252 e. The highest BCUT2D eigenvalue weighted by Gasteiger charge is 2.20. The molecular formula is C22H24N6O2. The van der Waals surface area contributed by atoms with Gasteiger partial charge in [0.2, 0.25) is 0 Å². The third-order valence-electron chi connectivity index (χ3n) is 5.18. The van der Waals surface area contributed by atoms with Crippen molar-refractivity contribution < 1.29 is 9.53 Å². The van der Waals surface area contributed by atoms with E-state index in [0.717, 1.165) is 23.6 Å². The zero-order valence-corrected chi connectivity index (χ0v) is 17.5. The van der Waals surface area contributed by atoms with Crippen LogP contribution in [0.4, 0.5) is 0 Å². The molecule has 0 aliphatic carbocycles. The van der Waals surface area contributed by atoms with Crippen molar-refractivity contribution in [2.24, 2.45) is 7.05 Å². The van der Waals surface area contributed by atoms with Crippen LogP contribution in [-0.4, -0.2) is 37.6 Å². The lowest BCUT2D eigenvalue weighted by Crippen LogP contribution is -2.28. The Kier molecular flexibility index (Phi) is 5.22. The van der Waals surface area contributed by atoms with E-state index in [1.807, 2.05) is 62.0 Å². The van der Waals surface area contributed by atoms with Gasteiger partial charge in [0.15, 0.2) is 5.65 Å². The fourth-order valence-corrected chi connectivity index (χ4v) is 3.54. The molecule has 30 heavy (non-hydrogen) atoms. The molecule has 1 aromatic carbocycles. The molecule has 0 aliphatic heterocycles. The maximum atomic E-state index is 13.2. The minimum absolute atomic E-state index is 0.179. The minimum Gasteiger partial charge on any atom is -0.497 e. The summed E-state index contributed by atoms with van der Waals surface area (Å²) in [4.78, 5) is 18.0. The summed E-state index contributed by atoms with van der Waals surface area (Å²) < 4.78 is 8.79. The Balaban J connectivity index is 1.72. The molecule has 0 aliphatic rings. The first-order valence-electron chi connectivity index (χ1n) is 9.81. The maximum absolute atomic E-state index is 13.2. The monoisotopic (exact) mass is 404 g/mol. The Morgan fingerprint density at radius 2 is 1.97 bits per heavy atom. The summed E-state index contributed by atoms with van der Waals surface area (Å²) in [7, 11) is 3.44. The molecule has 3 aromatic heterocycles. The standard InChI is InChI=1S/C22H24N6O2/c1-5-28-20(10-11-23-28)14(2)25-22(29)17-12-19(15-6-8-16(30-4)9-7-15)26-21-18(17)13-24-27(21)3/h6-14H,5H2,1-4H3,(H,25,29)/t14-/m0/s1. The van der Waals surface area contributed by atoms with E-state index in [1.54, 1.807) is 24.2 Å². The summed E-state index contributed by atoms with van der Waals surface area (Å²) in [5.74, 6) is 0.584. The molecule has 0 radical (unpaired) electrons. The van der Waals surface area contributed by atoms with E-state index in [4.69, 9.17) is 9.72 Å². The van der Waals surface area contributed by atoms with Crippen LogP contribution in [-0.2, 0) is 13.6 Å². The summed E-state index contributed by atoms with van der Waals surface area (Å²) in [5, 5.41) is 12.4. The number of carbonyl (C=O) groups excluding carboxylic acids is 1. The minimum atomic E-state index is -0.190. The van der Waals surface area contributed by atoms with E-state index in [1.165, 1.54) is 0 Å². The number of rotatable bonds is 6. The largest absolute Gasteiger partial charge is 0.497 e. The number of ether oxygens (including phenoxy) is 1. The Hall–Kier alpha value is -3.68. The van der Waals surface area contributed by atoms with Crippen LogP contribution in [0.5, 0.6) is 5.75 Å². The summed E-state index contributed by atoms with van der Waals surface area (Å²) >= 11 is 0. The van der Waals surface area contributed by atoms with Crippen LogP contribution in [0.25, 0.3) is 22.3 Å². The number of hydrogen-bond donors (Lipinski definition) is 1. The second-order valence-corrected chi connectivity index (χ2v) is 7.06. The number of methoxy groups -OCH3 is 1. The van der Waals surface area contributed by atoms with E-state index in [0.29, 0.717) is 22.3 Å². The number of carbonyl (C=O) groups is 1. The van der Waals surface area contributed by atoms with Crippen LogP contribution in [0.3, 0.4) is 0 Å². The molecule has 0 fully saturated rings. The molecular weight excluding hydrogens is 380 g/mol. The van der Waals surface area contributed by atoms with Gasteiger partial charge in [0, 0.05) is 25.4 Å². The molecule has 0 saturated heterocycles. The van der Waals surface area contributed by atoms with Gasteiger partial charge in [0.25, 0.3) is 5.91 Å². The van der Waals surface area contributed by atoms with Gasteiger partial charge in [-0.05, 0) is 50.2 Å². The highest BCUT2D eigenvalue weighted by Crippen LogP contribution is 2.26. The molecule has 1 amide bonds. The van der Waals surface area contributed by atoms with E-state index < -0.39 is 0 Å². The summed E-state index contributed by atoms with van der Waals surface area (Å²) in [6.07, 6.45) is 3.42. The van der Waals surface area contributed by atoms with Crippen LogP contribution in [0.2, 0.25) is 0 Å². The Bertz CT molecular complexity index is 1190. The van der Waals surface area contributed by atoms with Crippen LogP contribution in [0, 0.1) is 0 Å². The van der Waals surface area contributed by atoms with Gasteiger partial charge in [-0.3, -0.25) is 14.2 Å². The van der Waals surface area contributed by atoms with Crippen molar-refractivity contribution in [1.82, 2.24) is 29.9 Å². The third kappa shape index (κ3) is 3.52. The number of aryl methyl sites for hydroxylation is 2. The van der Waals surface area contributed by atoms with Crippen LogP contribution >= 0.6 is 0 Å². The van der Waals surface area contributed by atoms with Crippen molar-refractivity contribution in [1.29, 1.82) is 0 Å². The van der Waals surface area contributed by atoms with E-state index in [-0.39, 0.29) is 11.9 Å². The highest BCUT2D eigenvalue weighted by molar-refractivity contribution is 6.06. The molecule has 0 saturated carbocycles. The molecule has 0 spiro atoms. The normalized spacial score (nSPS) is 12.1. The second-order valence-electron chi connectivity index (χ2n) is 7.06. The molecule has 0 unspecified atom stereocenters. The van der Waals surface area contributed by atoms with Crippen molar-refractivity contribution in [3.63, 3.8) is 0 Å². The predicted octanol–water partition coefficient (Wildman–Crippen LogP) is 3.35. The molecule has 3 heterocycles. The topological polar surface area (TPSA) is 86.9 Å². The number of aromatic nitrogens is 5. The molecule has 4 rings (SSSR count). The second kappa shape index (κ2) is 7.98. The predicted molar refractivity (Wildman–Crippen MR) is 114 cm³/mol. The van der Waals surface area contributed by atoms with Gasteiger partial charge in [-0.15, -0.1) is 0 Å². The van der Waals surface area contributed by atoms with E-state index >= 15 is 0 Å². The van der Waals surface area contributed by atoms with Crippen LogP contribution < -0.4 is 10.1 Å². The summed E-state index contributed by atoms with van der Waals surface area (Å²) in [5.41, 5.74) is 3.74. The molecule has 1 N–H and O–H groups in total. The van der Waals surface area contributed by atoms with Gasteiger partial charge in [-0.25, -0.2) is 4.98 Å². The van der Waals surface area contributed by atoms with Crippen molar-refractivity contribution >= 4 is 16.9 Å². The first-order chi connectivity index (χ1) is 14.5. The van der Waals surface area contributed by atoms with Gasteiger partial charge in [-0.1, -0.05) is 0 Å². The fourth-order valence-electron chi connectivity index (χ4n) is 3.54. The lowest BCUT2D eigenvalue weighted by Gasteiger charge is -2.16. The average molecular weight is 404 g/mol. The molecule has 4 aromatic rings. The molecule has 8 nitrogen and oxygen atoms in total. The van der Waals surface area contributed by atoms with Crippen molar-refractivity contribution in [2.75, 3.05) is 7.11 Å². The Morgan fingerprint density at radius 1 is 1.20 bits per heavy atom. The number of pyridine rings is 1. The SMILES string of the molecule is CCn1nccc1[C@H](C)NC(=O)c1cc(-c2ccc(OC)cc2)nc2c1cnn2C. The zero-order chi connectivity index (χ0) is 21.3. The maximum Gasteiger partial charge on any atom is 0.252 e. The lowest BCUT2D eigenvalue weighted by atomic mass is 10.1. The zero-order valence-electron chi connectivity index (χ0n) is 17.5. The third-order valence-corrected chi connectivity index (χ3v) is 5.18. The van der Waals surface area contributed by atoms with Gasteiger partial charge < -0.3 is 10.1 Å². The van der Waals surface area contributed by atoms with Crippen LogP contribution in [0.1, 0.15) is 35.9 Å². The fraction of sp³-hybridized carbons (Fsp3) is 0.273. The Labute approximate surface area is 174 Å². The number of nitrogens with one attached hydrogen (secondary N) is 1. The van der Waals surface area contributed by atoms with Crippen molar-refractivity contribution in [3.05, 3.63) is 60.0 Å². The number of fused-ring (bicyclic) bond motifs is 1. The summed E-state index contributed by atoms with van der Waals surface area (Å²) in [6.45, 7) is 4.72. The number of benzene rings is 1. The lowest BCUT2D eigenvalue weighted by molar-refractivity contribution is 0.0940. The van der Waals surface area contributed by atoms with Crippen LogP contribution in [0.15, 0.2) is 48.8 Å². The number of amides is 1. The molecule has 1 atom stereocenters. The first kappa shape index (κ1) is 19.6.